The molecule has 0 bridgehead atoms. The molecule has 1 aromatic heterocycles. The van der Waals surface area contributed by atoms with E-state index in [1.165, 1.54) is 5.56 Å². The smallest absolute Gasteiger partial charge is 0.166 e. The lowest BCUT2D eigenvalue weighted by Gasteiger charge is -2.30. The van der Waals surface area contributed by atoms with Gasteiger partial charge in [0.2, 0.25) is 0 Å². The van der Waals surface area contributed by atoms with Gasteiger partial charge in [-0.15, -0.1) is 0 Å². The number of Topliss-reactive ketones (excluding diaryl/α,β-unsaturated/α-hetero) is 1. The Hall–Kier alpha value is -2.10. The van der Waals surface area contributed by atoms with Gasteiger partial charge < -0.3 is 4.90 Å². The maximum Gasteiger partial charge on any atom is 0.166 e. The van der Waals surface area contributed by atoms with E-state index >= 15 is 0 Å². The molecule has 1 aliphatic rings. The minimum absolute atomic E-state index is 0.244. The van der Waals surface area contributed by atoms with Crippen LogP contribution in [-0.2, 0) is 13.6 Å². The second kappa shape index (κ2) is 4.29. The van der Waals surface area contributed by atoms with E-state index in [9.17, 15) is 4.79 Å². The number of ketones is 1. The molecule has 4 nitrogen and oxygen atoms in total. The van der Waals surface area contributed by atoms with Gasteiger partial charge in [-0.25, -0.2) is 0 Å². The van der Waals surface area contributed by atoms with Crippen molar-refractivity contribution in [2.75, 3.05) is 11.4 Å². The molecule has 0 unspecified atom stereocenters. The van der Waals surface area contributed by atoms with Crippen LogP contribution >= 0.6 is 0 Å². The van der Waals surface area contributed by atoms with E-state index in [1.54, 1.807) is 4.68 Å². The van der Waals surface area contributed by atoms with Crippen molar-refractivity contribution in [2.45, 2.75) is 13.0 Å². The number of aryl methyl sites for hydroxylation is 1. The highest BCUT2D eigenvalue weighted by Gasteiger charge is 2.22. The Morgan fingerprint density at radius 2 is 2.17 bits per heavy atom. The van der Waals surface area contributed by atoms with Crippen LogP contribution in [0, 0.1) is 0 Å². The fraction of sp³-hybridized carbons (Fsp3) is 0.286. The highest BCUT2D eigenvalue weighted by atomic mass is 16.1. The minimum atomic E-state index is 0.244. The van der Waals surface area contributed by atoms with E-state index in [2.05, 4.69) is 10.00 Å². The van der Waals surface area contributed by atoms with Gasteiger partial charge in [0.1, 0.15) is 0 Å². The average molecular weight is 241 g/mol. The predicted octanol–water partition coefficient (Wildman–Crippen LogP) is 2.01. The van der Waals surface area contributed by atoms with Gasteiger partial charge in [0, 0.05) is 49.6 Å². The molecule has 1 aromatic carbocycles. The van der Waals surface area contributed by atoms with Crippen LogP contribution < -0.4 is 4.90 Å². The maximum absolute atomic E-state index is 11.8. The third kappa shape index (κ3) is 1.90. The number of hydrogen-bond donors (Lipinski definition) is 0. The normalized spacial score (nSPS) is 14.7. The van der Waals surface area contributed by atoms with Crippen molar-refractivity contribution in [3.8, 4) is 0 Å². The van der Waals surface area contributed by atoms with Crippen molar-refractivity contribution in [2.24, 2.45) is 7.05 Å². The second-order valence-electron chi connectivity index (χ2n) is 4.63. The van der Waals surface area contributed by atoms with Crippen molar-refractivity contribution < 1.29 is 4.79 Å². The number of para-hydroxylation sites is 1. The first kappa shape index (κ1) is 11.0. The molecule has 92 valence electrons. The zero-order valence-electron chi connectivity index (χ0n) is 10.3. The van der Waals surface area contributed by atoms with E-state index in [1.807, 2.05) is 43.7 Å². The number of carbonyl (C=O) groups excluding carboxylic acids is 1. The molecular formula is C14H15N3O. The number of rotatable bonds is 2. The summed E-state index contributed by atoms with van der Waals surface area (Å²) in [6.45, 7) is 1.59. The van der Waals surface area contributed by atoms with Crippen molar-refractivity contribution in [1.82, 2.24) is 9.78 Å². The Bertz CT molecular complexity index is 588. The quantitative estimate of drug-likeness (QED) is 0.807. The van der Waals surface area contributed by atoms with Crippen molar-refractivity contribution >= 4 is 11.5 Å². The summed E-state index contributed by atoms with van der Waals surface area (Å²) in [6.07, 6.45) is 4.48. The lowest BCUT2D eigenvalue weighted by atomic mass is 10.0. The van der Waals surface area contributed by atoms with Gasteiger partial charge in [0.05, 0.1) is 6.20 Å². The molecule has 2 heterocycles. The van der Waals surface area contributed by atoms with E-state index < -0.39 is 0 Å². The third-order valence-corrected chi connectivity index (χ3v) is 3.29. The summed E-state index contributed by atoms with van der Waals surface area (Å²) in [5.74, 6) is 0.244. The standard InChI is InChI=1S/C14H15N3O/c1-16-9-11(8-15-16)10-17-7-6-14(18)12-4-2-3-5-13(12)17/h2-5,8-9H,6-7,10H2,1H3. The molecule has 0 fully saturated rings. The number of carbonyl (C=O) groups is 1. The molecule has 2 aromatic rings. The Labute approximate surface area is 106 Å². The van der Waals surface area contributed by atoms with Crippen LogP contribution in [0.2, 0.25) is 0 Å². The van der Waals surface area contributed by atoms with Crippen LogP contribution in [0.4, 0.5) is 5.69 Å². The lowest BCUT2D eigenvalue weighted by molar-refractivity contribution is 0.0979. The largest absolute Gasteiger partial charge is 0.366 e. The minimum Gasteiger partial charge on any atom is -0.366 e. The molecule has 18 heavy (non-hydrogen) atoms. The highest BCUT2D eigenvalue weighted by Crippen LogP contribution is 2.27. The van der Waals surface area contributed by atoms with E-state index in [4.69, 9.17) is 0 Å². The summed E-state index contributed by atoms with van der Waals surface area (Å²) in [7, 11) is 1.91. The molecule has 0 atom stereocenters. The number of aromatic nitrogens is 2. The number of nitrogens with zero attached hydrogens (tertiary/aromatic N) is 3. The molecule has 0 N–H and O–H groups in total. The Balaban J connectivity index is 1.90. The third-order valence-electron chi connectivity index (χ3n) is 3.29. The molecule has 0 radical (unpaired) electrons. The van der Waals surface area contributed by atoms with Crippen LogP contribution in [-0.4, -0.2) is 22.1 Å². The van der Waals surface area contributed by atoms with Crippen LogP contribution in [0.5, 0.6) is 0 Å². The van der Waals surface area contributed by atoms with E-state index in [0.29, 0.717) is 6.42 Å². The fourth-order valence-electron chi connectivity index (χ4n) is 2.41. The van der Waals surface area contributed by atoms with Crippen molar-refractivity contribution in [3.05, 3.63) is 47.8 Å². The zero-order chi connectivity index (χ0) is 12.5. The maximum atomic E-state index is 11.8. The van der Waals surface area contributed by atoms with E-state index in [-0.39, 0.29) is 5.78 Å². The summed E-state index contributed by atoms with van der Waals surface area (Å²) in [5, 5.41) is 4.18. The van der Waals surface area contributed by atoms with Gasteiger partial charge in [-0.3, -0.25) is 9.48 Å². The first-order valence-corrected chi connectivity index (χ1v) is 6.09. The van der Waals surface area contributed by atoms with E-state index in [0.717, 1.165) is 24.3 Å². The van der Waals surface area contributed by atoms with Gasteiger partial charge in [-0.1, -0.05) is 12.1 Å². The Kier molecular flexibility index (Phi) is 2.63. The topological polar surface area (TPSA) is 38.1 Å². The summed E-state index contributed by atoms with van der Waals surface area (Å²) < 4.78 is 1.80. The first-order valence-electron chi connectivity index (χ1n) is 6.09. The monoisotopic (exact) mass is 241 g/mol. The average Bonchev–Trinajstić information content (AvgIpc) is 2.79. The summed E-state index contributed by atoms with van der Waals surface area (Å²) in [6, 6.07) is 7.83. The molecular weight excluding hydrogens is 226 g/mol. The van der Waals surface area contributed by atoms with Gasteiger partial charge in [0.15, 0.2) is 5.78 Å². The van der Waals surface area contributed by atoms with Crippen LogP contribution in [0.3, 0.4) is 0 Å². The van der Waals surface area contributed by atoms with Crippen molar-refractivity contribution in [1.29, 1.82) is 0 Å². The zero-order valence-corrected chi connectivity index (χ0v) is 10.3. The second-order valence-corrected chi connectivity index (χ2v) is 4.63. The molecule has 3 rings (SSSR count). The molecule has 0 saturated heterocycles. The van der Waals surface area contributed by atoms with Gasteiger partial charge in [0.25, 0.3) is 0 Å². The number of fused-ring (bicyclic) bond motifs is 1. The molecule has 0 aliphatic carbocycles. The number of hydrogen-bond acceptors (Lipinski definition) is 3. The van der Waals surface area contributed by atoms with Crippen LogP contribution in [0.15, 0.2) is 36.7 Å². The van der Waals surface area contributed by atoms with Gasteiger partial charge in [-0.2, -0.15) is 5.10 Å². The molecule has 4 heteroatoms. The Morgan fingerprint density at radius 1 is 1.33 bits per heavy atom. The number of anilines is 1. The SMILES string of the molecule is Cn1cc(CN2CCC(=O)c3ccccc32)cn1. The molecule has 1 aliphatic heterocycles. The first-order chi connectivity index (χ1) is 8.74. The number of benzene rings is 1. The summed E-state index contributed by atoms with van der Waals surface area (Å²) in [5.41, 5.74) is 3.05. The van der Waals surface area contributed by atoms with Crippen LogP contribution in [0.1, 0.15) is 22.3 Å². The molecule has 0 amide bonds. The van der Waals surface area contributed by atoms with Crippen LogP contribution in [0.25, 0.3) is 0 Å². The lowest BCUT2D eigenvalue weighted by Crippen LogP contribution is -2.31. The summed E-state index contributed by atoms with van der Waals surface area (Å²) in [4.78, 5) is 14.1. The molecule has 0 saturated carbocycles. The molecule has 0 spiro atoms. The van der Waals surface area contributed by atoms with Gasteiger partial charge >= 0.3 is 0 Å². The summed E-state index contributed by atoms with van der Waals surface area (Å²) >= 11 is 0. The predicted molar refractivity (Wildman–Crippen MR) is 69.6 cm³/mol. The Morgan fingerprint density at radius 3 is 2.94 bits per heavy atom. The highest BCUT2D eigenvalue weighted by molar-refractivity contribution is 6.03. The van der Waals surface area contributed by atoms with Gasteiger partial charge in [-0.05, 0) is 12.1 Å². The van der Waals surface area contributed by atoms with Crippen molar-refractivity contribution in [3.63, 3.8) is 0 Å². The fourth-order valence-corrected chi connectivity index (χ4v) is 2.41.